The molecule has 0 aliphatic carbocycles. The highest BCUT2D eigenvalue weighted by Gasteiger charge is 2.44. The van der Waals surface area contributed by atoms with Crippen molar-refractivity contribution in [1.29, 1.82) is 0 Å². The molecular weight excluding hydrogens is 516 g/mol. The van der Waals surface area contributed by atoms with Crippen molar-refractivity contribution in [3.8, 4) is 11.5 Å². The number of carbonyl (C=O) groups excluding carboxylic acids is 1. The highest BCUT2D eigenvalue weighted by atomic mass is 16.5. The zero-order valence-corrected chi connectivity index (χ0v) is 23.4. The number of nitrogens with zero attached hydrogens (tertiary/aromatic N) is 2. The predicted molar refractivity (Wildman–Crippen MR) is 158 cm³/mol. The Morgan fingerprint density at radius 1 is 0.854 bits per heavy atom. The average molecular weight is 547 g/mol. The first kappa shape index (κ1) is 26.3. The molecule has 0 bridgehead atoms. The fraction of sp³-hybridized carbons (Fsp3) is 0.206. The average Bonchev–Trinajstić information content (AvgIpc) is 3.26. The van der Waals surface area contributed by atoms with Crippen LogP contribution in [0.4, 0.5) is 5.82 Å². The minimum atomic E-state index is -0.767. The van der Waals surface area contributed by atoms with Crippen LogP contribution in [0, 0.1) is 20.8 Å². The third kappa shape index (κ3) is 4.73. The van der Waals surface area contributed by atoms with Crippen LogP contribution in [0.15, 0.2) is 88.1 Å². The second kappa shape index (κ2) is 10.6. The monoisotopic (exact) mass is 546 g/mol. The van der Waals surface area contributed by atoms with Crippen molar-refractivity contribution in [3.05, 3.63) is 128 Å². The van der Waals surface area contributed by atoms with Crippen LogP contribution in [0.25, 0.3) is 11.0 Å². The lowest BCUT2D eigenvalue weighted by Crippen LogP contribution is -2.30. The molecule has 0 N–H and O–H groups in total. The lowest BCUT2D eigenvalue weighted by molar-refractivity contribution is 0.0970. The van der Waals surface area contributed by atoms with Crippen molar-refractivity contribution in [2.24, 2.45) is 0 Å². The molecule has 0 radical (unpaired) electrons. The largest absolute Gasteiger partial charge is 0.490 e. The number of benzene rings is 3. The predicted octanol–water partition coefficient (Wildman–Crippen LogP) is 6.84. The summed E-state index contributed by atoms with van der Waals surface area (Å²) >= 11 is 0. The van der Waals surface area contributed by atoms with E-state index in [9.17, 15) is 9.59 Å². The third-order valence-electron chi connectivity index (χ3n) is 7.43. The quantitative estimate of drug-likeness (QED) is 0.222. The van der Waals surface area contributed by atoms with Gasteiger partial charge in [-0.2, -0.15) is 0 Å². The summed E-state index contributed by atoms with van der Waals surface area (Å²) in [7, 11) is 0. The normalized spacial score (nSPS) is 14.4. The summed E-state index contributed by atoms with van der Waals surface area (Å²) < 4.78 is 18.3. The zero-order chi connectivity index (χ0) is 28.7. The number of rotatable bonds is 7. The molecule has 7 nitrogen and oxygen atoms in total. The Labute approximate surface area is 238 Å². The summed E-state index contributed by atoms with van der Waals surface area (Å²) in [6.07, 6.45) is 0. The third-order valence-corrected chi connectivity index (χ3v) is 7.43. The van der Waals surface area contributed by atoms with Gasteiger partial charge in [0.25, 0.3) is 5.91 Å². The Kier molecular flexibility index (Phi) is 6.79. The summed E-state index contributed by atoms with van der Waals surface area (Å²) in [5.41, 5.74) is 4.86. The fourth-order valence-electron chi connectivity index (χ4n) is 5.26. The standard InChI is InChI=1S/C34H30N2O5/c1-5-39-28-18-24(14-15-26(28)40-19-23-11-7-6-8-12-23)31-30-32(37)25-16-20(2)21(3)17-27(25)41-33(30)34(38)36(31)29-13-9-10-22(4)35-29/h6-18,31H,5,19H2,1-4H3. The maximum atomic E-state index is 14.1. The Balaban J connectivity index is 1.52. The molecule has 1 aliphatic rings. The van der Waals surface area contributed by atoms with Gasteiger partial charge in [0.15, 0.2) is 16.9 Å². The Morgan fingerprint density at radius 2 is 1.63 bits per heavy atom. The molecule has 0 spiro atoms. The van der Waals surface area contributed by atoms with E-state index >= 15 is 0 Å². The number of anilines is 1. The van der Waals surface area contributed by atoms with Crippen molar-refractivity contribution < 1.29 is 18.7 Å². The fourth-order valence-corrected chi connectivity index (χ4v) is 5.26. The van der Waals surface area contributed by atoms with Crippen molar-refractivity contribution in [1.82, 2.24) is 4.98 Å². The Hall–Kier alpha value is -4.91. The van der Waals surface area contributed by atoms with E-state index in [2.05, 4.69) is 4.98 Å². The molecule has 0 saturated heterocycles. The van der Waals surface area contributed by atoms with Gasteiger partial charge in [0.2, 0.25) is 5.76 Å². The minimum absolute atomic E-state index is 0.0291. The molecule has 1 unspecified atom stereocenters. The molecule has 7 heteroatoms. The first-order valence-corrected chi connectivity index (χ1v) is 13.6. The molecule has 41 heavy (non-hydrogen) atoms. The molecule has 1 amide bonds. The first-order chi connectivity index (χ1) is 19.9. The van der Waals surface area contributed by atoms with Gasteiger partial charge in [-0.05, 0) is 86.3 Å². The smallest absolute Gasteiger partial charge is 0.296 e. The SMILES string of the molecule is CCOc1cc(C2c3c(oc4cc(C)c(C)cc4c3=O)C(=O)N2c2cccc(C)n2)ccc1OCc1ccccc1. The highest BCUT2D eigenvalue weighted by molar-refractivity contribution is 6.10. The molecule has 3 aromatic carbocycles. The van der Waals surface area contributed by atoms with Crippen LogP contribution in [0.5, 0.6) is 11.5 Å². The summed E-state index contributed by atoms with van der Waals surface area (Å²) in [6.45, 7) is 8.46. The maximum Gasteiger partial charge on any atom is 0.296 e. The van der Waals surface area contributed by atoms with E-state index in [-0.39, 0.29) is 16.8 Å². The van der Waals surface area contributed by atoms with Gasteiger partial charge < -0.3 is 13.9 Å². The molecule has 6 rings (SSSR count). The van der Waals surface area contributed by atoms with E-state index in [1.807, 2.05) is 100 Å². The number of hydrogen-bond donors (Lipinski definition) is 0. The van der Waals surface area contributed by atoms with Gasteiger partial charge in [-0.3, -0.25) is 14.5 Å². The van der Waals surface area contributed by atoms with Crippen molar-refractivity contribution in [3.63, 3.8) is 0 Å². The first-order valence-electron chi connectivity index (χ1n) is 13.6. The number of pyridine rings is 1. The molecule has 1 atom stereocenters. The van der Waals surface area contributed by atoms with Crippen molar-refractivity contribution >= 4 is 22.7 Å². The van der Waals surface area contributed by atoms with Crippen LogP contribution >= 0.6 is 0 Å². The van der Waals surface area contributed by atoms with E-state index < -0.39 is 11.9 Å². The van der Waals surface area contributed by atoms with Crippen molar-refractivity contribution in [2.45, 2.75) is 40.3 Å². The number of amides is 1. The summed E-state index contributed by atoms with van der Waals surface area (Å²) in [5.74, 6) is 1.14. The topological polar surface area (TPSA) is 81.9 Å². The van der Waals surface area contributed by atoms with Crippen LogP contribution in [-0.2, 0) is 6.61 Å². The van der Waals surface area contributed by atoms with Gasteiger partial charge in [0, 0.05) is 5.69 Å². The number of fused-ring (bicyclic) bond motifs is 2. The van der Waals surface area contributed by atoms with E-state index in [0.29, 0.717) is 47.1 Å². The van der Waals surface area contributed by atoms with E-state index in [1.54, 1.807) is 6.07 Å². The van der Waals surface area contributed by atoms with E-state index in [4.69, 9.17) is 13.9 Å². The van der Waals surface area contributed by atoms with Gasteiger partial charge in [0.1, 0.15) is 18.0 Å². The van der Waals surface area contributed by atoms with Crippen LogP contribution in [0.2, 0.25) is 0 Å². The van der Waals surface area contributed by atoms with Gasteiger partial charge >= 0.3 is 0 Å². The second-order valence-corrected chi connectivity index (χ2v) is 10.2. The molecule has 2 aromatic heterocycles. The number of ether oxygens (including phenoxy) is 2. The van der Waals surface area contributed by atoms with Crippen LogP contribution in [-0.4, -0.2) is 17.5 Å². The molecule has 206 valence electrons. The van der Waals surface area contributed by atoms with Gasteiger partial charge in [-0.15, -0.1) is 0 Å². The second-order valence-electron chi connectivity index (χ2n) is 10.2. The van der Waals surface area contributed by atoms with Crippen LogP contribution < -0.4 is 19.8 Å². The molecule has 1 aliphatic heterocycles. The number of aryl methyl sites for hydroxylation is 3. The Morgan fingerprint density at radius 3 is 2.39 bits per heavy atom. The minimum Gasteiger partial charge on any atom is -0.490 e. The van der Waals surface area contributed by atoms with Gasteiger partial charge in [0.05, 0.1) is 23.6 Å². The van der Waals surface area contributed by atoms with Crippen LogP contribution in [0.1, 0.15) is 57.0 Å². The maximum absolute atomic E-state index is 14.1. The lowest BCUT2D eigenvalue weighted by Gasteiger charge is -2.25. The molecular formula is C34H30N2O5. The molecule has 0 fully saturated rings. The summed E-state index contributed by atoms with van der Waals surface area (Å²) in [5, 5.41) is 0.441. The van der Waals surface area contributed by atoms with Crippen LogP contribution in [0.3, 0.4) is 0 Å². The molecule has 5 aromatic rings. The number of hydrogen-bond acceptors (Lipinski definition) is 6. The number of aromatic nitrogens is 1. The summed E-state index contributed by atoms with van der Waals surface area (Å²) in [4.78, 5) is 34.2. The molecule has 3 heterocycles. The lowest BCUT2D eigenvalue weighted by atomic mass is 9.97. The van der Waals surface area contributed by atoms with Gasteiger partial charge in [-0.25, -0.2) is 4.98 Å². The Bertz CT molecular complexity index is 1840. The highest BCUT2D eigenvalue weighted by Crippen LogP contribution is 2.43. The summed E-state index contributed by atoms with van der Waals surface area (Å²) in [6, 6.07) is 23.8. The van der Waals surface area contributed by atoms with E-state index in [1.165, 1.54) is 4.90 Å². The zero-order valence-electron chi connectivity index (χ0n) is 23.4. The van der Waals surface area contributed by atoms with E-state index in [0.717, 1.165) is 22.4 Å². The van der Waals surface area contributed by atoms with Crippen molar-refractivity contribution in [2.75, 3.05) is 11.5 Å². The number of carbonyl (C=O) groups is 1. The van der Waals surface area contributed by atoms with Gasteiger partial charge in [-0.1, -0.05) is 42.5 Å². The molecule has 0 saturated carbocycles.